The van der Waals surface area contributed by atoms with Gasteiger partial charge in [-0.05, 0) is 38.2 Å². The summed E-state index contributed by atoms with van der Waals surface area (Å²) in [7, 11) is 0. The lowest BCUT2D eigenvalue weighted by molar-refractivity contribution is -0.140. The highest BCUT2D eigenvalue weighted by Crippen LogP contribution is 2.24. The normalized spacial score (nSPS) is 21.0. The Morgan fingerprint density at radius 3 is 2.67 bits per heavy atom. The molecule has 0 radical (unpaired) electrons. The van der Waals surface area contributed by atoms with Crippen LogP contribution in [0.2, 0.25) is 0 Å². The Labute approximate surface area is 154 Å². The summed E-state index contributed by atoms with van der Waals surface area (Å²) in [5.41, 5.74) is 0.938. The quantitative estimate of drug-likeness (QED) is 0.600. The lowest BCUT2D eigenvalue weighted by Crippen LogP contribution is -2.48. The van der Waals surface area contributed by atoms with Crippen molar-refractivity contribution in [2.45, 2.75) is 30.4 Å². The van der Waals surface area contributed by atoms with Gasteiger partial charge in [0.25, 0.3) is 0 Å². The number of ether oxygens (including phenoxy) is 1. The second-order valence-corrected chi connectivity index (χ2v) is 8.57. The summed E-state index contributed by atoms with van der Waals surface area (Å²) in [6, 6.07) is 9.79. The van der Waals surface area contributed by atoms with Gasteiger partial charge in [-0.1, -0.05) is 41.3 Å². The van der Waals surface area contributed by atoms with Crippen LogP contribution < -0.4 is 0 Å². The summed E-state index contributed by atoms with van der Waals surface area (Å²) in [5, 5.41) is 4.53. The van der Waals surface area contributed by atoms with E-state index in [0.29, 0.717) is 22.8 Å². The van der Waals surface area contributed by atoms with Gasteiger partial charge in [0, 0.05) is 13.1 Å². The molecule has 128 valence electrons. The Balaban J connectivity index is 1.63. The first kappa shape index (κ1) is 17.6. The zero-order valence-electron chi connectivity index (χ0n) is 13.5. The Morgan fingerprint density at radius 2 is 2.00 bits per heavy atom. The number of carbonyl (C=O) groups is 1. The van der Waals surface area contributed by atoms with E-state index in [-0.39, 0.29) is 18.1 Å². The number of aromatic nitrogens is 2. The van der Waals surface area contributed by atoms with Gasteiger partial charge < -0.3 is 9.64 Å². The van der Waals surface area contributed by atoms with Gasteiger partial charge in [0.2, 0.25) is 5.91 Å². The average molecular weight is 382 g/mol. The third kappa shape index (κ3) is 4.24. The van der Waals surface area contributed by atoms with E-state index < -0.39 is 0 Å². The fourth-order valence-electron chi connectivity index (χ4n) is 2.65. The molecule has 8 heteroatoms. The van der Waals surface area contributed by atoms with Crippen LogP contribution in [0.15, 0.2) is 34.7 Å². The van der Waals surface area contributed by atoms with Gasteiger partial charge >= 0.3 is 0 Å². The van der Waals surface area contributed by atoms with Crippen molar-refractivity contribution >= 4 is 41.2 Å². The molecule has 2 atom stereocenters. The molecule has 2 aromatic rings. The molecule has 1 fully saturated rings. The van der Waals surface area contributed by atoms with Crippen molar-refractivity contribution in [3.05, 3.63) is 34.3 Å². The van der Waals surface area contributed by atoms with E-state index in [2.05, 4.69) is 5.10 Å². The molecule has 5 nitrogen and oxygen atoms in total. The second-order valence-electron chi connectivity index (χ2n) is 5.73. The fraction of sp³-hybridized carbons (Fsp3) is 0.438. The number of thioether (sulfide) groups is 1. The maximum atomic E-state index is 12.4. The third-order valence-corrected chi connectivity index (χ3v) is 5.97. The van der Waals surface area contributed by atoms with Crippen LogP contribution in [0.4, 0.5) is 0 Å². The minimum atomic E-state index is 0.0852. The van der Waals surface area contributed by atoms with Crippen LogP contribution in [-0.2, 0) is 9.53 Å². The van der Waals surface area contributed by atoms with E-state index in [1.165, 1.54) is 23.1 Å². The molecule has 24 heavy (non-hydrogen) atoms. The molecule has 0 unspecified atom stereocenters. The van der Waals surface area contributed by atoms with Gasteiger partial charge in [0.15, 0.2) is 8.29 Å². The van der Waals surface area contributed by atoms with Crippen molar-refractivity contribution in [2.75, 3.05) is 18.8 Å². The number of benzene rings is 1. The topological polar surface area (TPSA) is 47.4 Å². The van der Waals surface area contributed by atoms with Crippen LogP contribution in [0, 0.1) is 3.95 Å². The lowest BCUT2D eigenvalue weighted by atomic mass is 10.2. The monoisotopic (exact) mass is 381 g/mol. The van der Waals surface area contributed by atoms with Crippen molar-refractivity contribution in [2.24, 2.45) is 0 Å². The molecule has 0 N–H and O–H groups in total. The van der Waals surface area contributed by atoms with Gasteiger partial charge in [0.05, 0.1) is 23.6 Å². The molecule has 0 saturated carbocycles. The summed E-state index contributed by atoms with van der Waals surface area (Å²) in [4.78, 5) is 14.3. The minimum Gasteiger partial charge on any atom is -0.372 e. The molecule has 2 heterocycles. The molecule has 3 rings (SSSR count). The number of nitrogens with zero attached hydrogens (tertiary/aromatic N) is 3. The van der Waals surface area contributed by atoms with Crippen molar-refractivity contribution in [1.82, 2.24) is 14.7 Å². The molecular formula is C16H19N3O2S3. The van der Waals surface area contributed by atoms with Crippen LogP contribution in [0.5, 0.6) is 0 Å². The molecular weight excluding hydrogens is 362 g/mol. The van der Waals surface area contributed by atoms with Gasteiger partial charge in [-0.2, -0.15) is 0 Å². The maximum Gasteiger partial charge on any atom is 0.233 e. The summed E-state index contributed by atoms with van der Waals surface area (Å²) < 4.78 is 8.91. The smallest absolute Gasteiger partial charge is 0.233 e. The van der Waals surface area contributed by atoms with Gasteiger partial charge in [-0.25, -0.2) is 4.68 Å². The Morgan fingerprint density at radius 1 is 1.33 bits per heavy atom. The summed E-state index contributed by atoms with van der Waals surface area (Å²) in [6.45, 7) is 5.29. The highest BCUT2D eigenvalue weighted by atomic mass is 32.2. The van der Waals surface area contributed by atoms with Crippen LogP contribution in [0.1, 0.15) is 13.8 Å². The molecule has 1 aromatic carbocycles. The molecule has 1 saturated heterocycles. The Hall–Kier alpha value is -1.22. The number of amides is 1. The predicted molar refractivity (Wildman–Crippen MR) is 99.6 cm³/mol. The van der Waals surface area contributed by atoms with E-state index in [1.54, 1.807) is 4.68 Å². The number of carbonyl (C=O) groups excluding carboxylic acids is 1. The van der Waals surface area contributed by atoms with E-state index in [1.807, 2.05) is 49.1 Å². The van der Waals surface area contributed by atoms with Gasteiger partial charge in [0.1, 0.15) is 0 Å². The molecule has 1 aromatic heterocycles. The van der Waals surface area contributed by atoms with Crippen LogP contribution in [0.3, 0.4) is 0 Å². The highest BCUT2D eigenvalue weighted by molar-refractivity contribution is 8.01. The van der Waals surface area contributed by atoms with Crippen LogP contribution in [-0.4, -0.2) is 51.6 Å². The molecule has 1 aliphatic heterocycles. The first-order valence-corrected chi connectivity index (χ1v) is 9.95. The third-order valence-electron chi connectivity index (χ3n) is 3.62. The average Bonchev–Trinajstić information content (AvgIpc) is 2.93. The van der Waals surface area contributed by atoms with Gasteiger partial charge in [-0.15, -0.1) is 5.10 Å². The number of hydrogen-bond donors (Lipinski definition) is 0. The van der Waals surface area contributed by atoms with E-state index >= 15 is 0 Å². The number of hydrogen-bond acceptors (Lipinski definition) is 6. The molecule has 0 bridgehead atoms. The zero-order valence-corrected chi connectivity index (χ0v) is 16.0. The summed E-state index contributed by atoms with van der Waals surface area (Å²) in [5.74, 6) is 0.491. The zero-order chi connectivity index (χ0) is 17.1. The maximum absolute atomic E-state index is 12.4. The van der Waals surface area contributed by atoms with Gasteiger partial charge in [-0.3, -0.25) is 4.79 Å². The highest BCUT2D eigenvalue weighted by Gasteiger charge is 2.25. The largest absolute Gasteiger partial charge is 0.372 e. The van der Waals surface area contributed by atoms with E-state index in [4.69, 9.17) is 17.0 Å². The predicted octanol–water partition coefficient (Wildman–Crippen LogP) is 3.39. The first-order chi connectivity index (χ1) is 11.5. The molecule has 0 aliphatic carbocycles. The lowest BCUT2D eigenvalue weighted by Gasteiger charge is -2.35. The Bertz CT molecular complexity index is 749. The minimum absolute atomic E-state index is 0.0852. The van der Waals surface area contributed by atoms with E-state index in [0.717, 1.165) is 10.0 Å². The van der Waals surface area contributed by atoms with Crippen LogP contribution >= 0.6 is 35.3 Å². The second kappa shape index (κ2) is 7.77. The molecule has 1 amide bonds. The summed E-state index contributed by atoms with van der Waals surface area (Å²) in [6.07, 6.45) is 0.170. The standard InChI is InChI=1S/C16H19N3O2S3/c1-11-8-18(9-12(2)21-11)14(20)10-23-15-17-19(16(22)24-15)13-6-4-3-5-7-13/h3-7,11-12H,8-10H2,1-2H3/t11-,12-/m1/s1. The number of morpholine rings is 1. The van der Waals surface area contributed by atoms with Crippen molar-refractivity contribution in [3.63, 3.8) is 0 Å². The SMILES string of the molecule is C[C@@H]1CN(C(=O)CSc2nn(-c3ccccc3)c(=S)s2)C[C@@H](C)O1. The molecule has 1 aliphatic rings. The number of rotatable bonds is 4. The van der Waals surface area contributed by atoms with Crippen molar-refractivity contribution in [1.29, 1.82) is 0 Å². The molecule has 0 spiro atoms. The van der Waals surface area contributed by atoms with Crippen molar-refractivity contribution in [3.8, 4) is 5.69 Å². The van der Waals surface area contributed by atoms with Crippen LogP contribution in [0.25, 0.3) is 5.69 Å². The number of para-hydroxylation sites is 1. The fourth-order valence-corrected chi connectivity index (χ4v) is 4.91. The first-order valence-electron chi connectivity index (χ1n) is 7.74. The van der Waals surface area contributed by atoms with E-state index in [9.17, 15) is 4.79 Å². The summed E-state index contributed by atoms with van der Waals surface area (Å²) >= 11 is 8.26. The Kier molecular flexibility index (Phi) is 5.70. The van der Waals surface area contributed by atoms with Crippen molar-refractivity contribution < 1.29 is 9.53 Å².